The van der Waals surface area contributed by atoms with Crippen LogP contribution in [0.1, 0.15) is 32.6 Å². The Hall–Kier alpha value is -1.55. The van der Waals surface area contributed by atoms with Crippen LogP contribution >= 0.6 is 0 Å². The average molecular weight is 262 g/mol. The summed E-state index contributed by atoms with van der Waals surface area (Å²) in [5.41, 5.74) is 0.807. The maximum absolute atomic E-state index is 11.5. The lowest BCUT2D eigenvalue weighted by atomic mass is 10.2. The van der Waals surface area contributed by atoms with Gasteiger partial charge in [-0.15, -0.1) is 0 Å². The lowest BCUT2D eigenvalue weighted by Crippen LogP contribution is -2.27. The van der Waals surface area contributed by atoms with Crippen LogP contribution in [0.3, 0.4) is 0 Å². The van der Waals surface area contributed by atoms with Gasteiger partial charge in [-0.2, -0.15) is 0 Å². The number of likely N-dealkylation sites (N-methyl/N-ethyl adjacent to an activating group) is 1. The lowest BCUT2D eigenvalue weighted by molar-refractivity contribution is -0.115. The van der Waals surface area contributed by atoms with Gasteiger partial charge in [-0.25, -0.2) is 0 Å². The molecule has 1 aliphatic rings. The first-order chi connectivity index (χ1) is 9.28. The molecule has 0 unspecified atom stereocenters. The number of carbonyl (C=O) groups is 1. The predicted octanol–water partition coefficient (Wildman–Crippen LogP) is 2.56. The molecule has 1 aromatic carbocycles. The Kier molecular flexibility index (Phi) is 5.21. The topological polar surface area (TPSA) is 50.4 Å². The van der Waals surface area contributed by atoms with Gasteiger partial charge >= 0.3 is 0 Å². The molecule has 0 aromatic heterocycles. The normalized spacial score (nSPS) is 15.4. The van der Waals surface area contributed by atoms with Gasteiger partial charge in [0.2, 0.25) is 5.91 Å². The maximum Gasteiger partial charge on any atom is 0.238 e. The summed E-state index contributed by atoms with van der Waals surface area (Å²) < 4.78 is 5.88. The third-order valence-electron chi connectivity index (χ3n) is 3.28. The van der Waals surface area contributed by atoms with Gasteiger partial charge in [0.05, 0.1) is 12.6 Å². The second-order valence-electron chi connectivity index (χ2n) is 4.88. The SMILES string of the molecule is CCNCC(=O)Nc1ccc(OC2CCCC2)cc1. The molecule has 0 atom stereocenters. The number of ether oxygens (including phenoxy) is 1. The van der Waals surface area contributed by atoms with E-state index >= 15 is 0 Å². The maximum atomic E-state index is 11.5. The first kappa shape index (κ1) is 13.9. The second-order valence-corrected chi connectivity index (χ2v) is 4.88. The minimum absolute atomic E-state index is 0.0219. The highest BCUT2D eigenvalue weighted by Crippen LogP contribution is 2.24. The van der Waals surface area contributed by atoms with Gasteiger partial charge in [0.1, 0.15) is 5.75 Å². The Bertz CT molecular complexity index is 397. The van der Waals surface area contributed by atoms with Crippen molar-refractivity contribution in [3.05, 3.63) is 24.3 Å². The van der Waals surface area contributed by atoms with Crippen LogP contribution in [0.2, 0.25) is 0 Å². The van der Waals surface area contributed by atoms with Crippen LogP contribution in [-0.2, 0) is 4.79 Å². The Morgan fingerprint density at radius 1 is 1.26 bits per heavy atom. The molecule has 1 saturated carbocycles. The standard InChI is InChI=1S/C15H22N2O2/c1-2-16-11-15(18)17-12-7-9-14(10-8-12)19-13-5-3-4-6-13/h7-10,13,16H,2-6,11H2,1H3,(H,17,18). The van der Waals surface area contributed by atoms with E-state index in [1.807, 2.05) is 31.2 Å². The second kappa shape index (κ2) is 7.14. The van der Waals surface area contributed by atoms with Crippen molar-refractivity contribution in [2.75, 3.05) is 18.4 Å². The molecule has 0 radical (unpaired) electrons. The fourth-order valence-corrected chi connectivity index (χ4v) is 2.26. The van der Waals surface area contributed by atoms with Crippen LogP contribution < -0.4 is 15.4 Å². The number of anilines is 1. The average Bonchev–Trinajstić information content (AvgIpc) is 2.91. The van der Waals surface area contributed by atoms with E-state index in [2.05, 4.69) is 10.6 Å². The van der Waals surface area contributed by atoms with Gasteiger partial charge in [0, 0.05) is 5.69 Å². The summed E-state index contributed by atoms with van der Waals surface area (Å²) in [6.45, 7) is 3.11. The van der Waals surface area contributed by atoms with Crippen LogP contribution in [-0.4, -0.2) is 25.1 Å². The molecule has 0 spiro atoms. The van der Waals surface area contributed by atoms with Crippen LogP contribution in [0, 0.1) is 0 Å². The van der Waals surface area contributed by atoms with Gasteiger partial charge in [0.15, 0.2) is 0 Å². The highest BCUT2D eigenvalue weighted by atomic mass is 16.5. The molecule has 19 heavy (non-hydrogen) atoms. The molecule has 1 aromatic rings. The summed E-state index contributed by atoms with van der Waals surface area (Å²) in [6.07, 6.45) is 5.21. The van der Waals surface area contributed by atoms with Crippen LogP contribution in [0.4, 0.5) is 5.69 Å². The number of rotatable bonds is 6. The number of hydrogen-bond acceptors (Lipinski definition) is 3. The molecule has 2 rings (SSSR count). The quantitative estimate of drug-likeness (QED) is 0.828. The van der Waals surface area contributed by atoms with Gasteiger partial charge in [-0.05, 0) is 56.5 Å². The number of nitrogens with one attached hydrogen (secondary N) is 2. The molecule has 1 aliphatic carbocycles. The summed E-state index contributed by atoms with van der Waals surface area (Å²) in [5, 5.41) is 5.83. The molecule has 0 heterocycles. The van der Waals surface area contributed by atoms with Crippen LogP contribution in [0.15, 0.2) is 24.3 Å². The molecular weight excluding hydrogens is 240 g/mol. The van der Waals surface area contributed by atoms with Gasteiger partial charge in [-0.3, -0.25) is 4.79 Å². The van der Waals surface area contributed by atoms with E-state index in [1.165, 1.54) is 12.8 Å². The molecule has 1 amide bonds. The molecule has 104 valence electrons. The first-order valence-electron chi connectivity index (χ1n) is 7.05. The van der Waals surface area contributed by atoms with E-state index in [4.69, 9.17) is 4.74 Å². The third-order valence-corrected chi connectivity index (χ3v) is 3.28. The lowest BCUT2D eigenvalue weighted by Gasteiger charge is -2.13. The van der Waals surface area contributed by atoms with Crippen molar-refractivity contribution in [2.45, 2.75) is 38.7 Å². The van der Waals surface area contributed by atoms with E-state index in [1.54, 1.807) is 0 Å². The summed E-state index contributed by atoms with van der Waals surface area (Å²) >= 11 is 0. The minimum Gasteiger partial charge on any atom is -0.490 e. The molecule has 2 N–H and O–H groups in total. The van der Waals surface area contributed by atoms with Crippen molar-refractivity contribution in [2.24, 2.45) is 0 Å². The van der Waals surface area contributed by atoms with Crippen molar-refractivity contribution in [1.82, 2.24) is 5.32 Å². The zero-order valence-corrected chi connectivity index (χ0v) is 11.4. The van der Waals surface area contributed by atoms with Crippen LogP contribution in [0.5, 0.6) is 5.75 Å². The largest absolute Gasteiger partial charge is 0.490 e. The molecular formula is C15H22N2O2. The highest BCUT2D eigenvalue weighted by molar-refractivity contribution is 5.92. The Morgan fingerprint density at radius 2 is 1.95 bits per heavy atom. The summed E-state index contributed by atoms with van der Waals surface area (Å²) in [4.78, 5) is 11.5. The molecule has 4 nitrogen and oxygen atoms in total. The van der Waals surface area contributed by atoms with Crippen molar-refractivity contribution < 1.29 is 9.53 Å². The molecule has 4 heteroatoms. The minimum atomic E-state index is -0.0219. The van der Waals surface area contributed by atoms with Gasteiger partial charge in [-0.1, -0.05) is 6.92 Å². The molecule has 0 bridgehead atoms. The fourth-order valence-electron chi connectivity index (χ4n) is 2.26. The summed E-state index contributed by atoms with van der Waals surface area (Å²) in [6, 6.07) is 7.60. The molecule has 0 aliphatic heterocycles. The number of carbonyl (C=O) groups excluding carboxylic acids is 1. The Labute approximate surface area is 114 Å². The van der Waals surface area contributed by atoms with E-state index in [9.17, 15) is 4.79 Å². The van der Waals surface area contributed by atoms with Gasteiger partial charge in [0.25, 0.3) is 0 Å². The summed E-state index contributed by atoms with van der Waals surface area (Å²) in [7, 11) is 0. The van der Waals surface area contributed by atoms with E-state index in [-0.39, 0.29) is 5.91 Å². The Morgan fingerprint density at radius 3 is 2.58 bits per heavy atom. The molecule has 1 fully saturated rings. The van der Waals surface area contributed by atoms with Gasteiger partial charge < -0.3 is 15.4 Å². The van der Waals surface area contributed by atoms with Crippen molar-refractivity contribution in [1.29, 1.82) is 0 Å². The zero-order chi connectivity index (χ0) is 13.5. The predicted molar refractivity (Wildman–Crippen MR) is 76.5 cm³/mol. The van der Waals surface area contributed by atoms with E-state index < -0.39 is 0 Å². The number of benzene rings is 1. The third kappa shape index (κ3) is 4.56. The van der Waals surface area contributed by atoms with E-state index in [0.29, 0.717) is 12.6 Å². The van der Waals surface area contributed by atoms with Crippen LogP contribution in [0.25, 0.3) is 0 Å². The fraction of sp³-hybridized carbons (Fsp3) is 0.533. The van der Waals surface area contributed by atoms with Crippen molar-refractivity contribution in [3.63, 3.8) is 0 Å². The molecule has 0 saturated heterocycles. The van der Waals surface area contributed by atoms with Crippen molar-refractivity contribution in [3.8, 4) is 5.75 Å². The smallest absolute Gasteiger partial charge is 0.238 e. The number of hydrogen-bond donors (Lipinski definition) is 2. The summed E-state index contributed by atoms with van der Waals surface area (Å²) in [5.74, 6) is 0.864. The number of amides is 1. The first-order valence-corrected chi connectivity index (χ1v) is 7.05. The van der Waals surface area contributed by atoms with E-state index in [0.717, 1.165) is 30.8 Å². The highest BCUT2D eigenvalue weighted by Gasteiger charge is 2.16. The Balaban J connectivity index is 1.82. The van der Waals surface area contributed by atoms with Crippen molar-refractivity contribution >= 4 is 11.6 Å². The zero-order valence-electron chi connectivity index (χ0n) is 11.4. The monoisotopic (exact) mass is 262 g/mol.